The molecule has 3 heteroatoms. The van der Waals surface area contributed by atoms with E-state index in [-0.39, 0.29) is 0 Å². The lowest BCUT2D eigenvalue weighted by molar-refractivity contribution is 0.280. The third-order valence-corrected chi connectivity index (χ3v) is 3.79. The van der Waals surface area contributed by atoms with Crippen LogP contribution < -0.4 is 0 Å². The summed E-state index contributed by atoms with van der Waals surface area (Å²) in [6.07, 6.45) is 16.9. The Bertz CT molecular complexity index is 287. The molecule has 0 aromatic carbocycles. The molecule has 1 aliphatic heterocycles. The Kier molecular flexibility index (Phi) is 10.3. The zero-order valence-corrected chi connectivity index (χ0v) is 12.8. The van der Waals surface area contributed by atoms with Crippen LogP contribution in [-0.2, 0) is 0 Å². The lowest BCUT2D eigenvalue weighted by atomic mass is 10.0. The minimum absolute atomic E-state index is 0.326. The van der Waals surface area contributed by atoms with Crippen LogP contribution in [0.15, 0.2) is 23.9 Å². The standard InChI is InChI=1S/C17H31NO2/c19-14-7-3-1-5-10-17-11-9-13-18(16-17)12-6-2-4-8-15-20/h9,11,13,19-20H,1-8,10,12,14-16H2. The highest BCUT2D eigenvalue weighted by atomic mass is 16.3. The number of unbranched alkanes of at least 4 members (excludes halogenated alkanes) is 6. The number of hydrogen-bond donors (Lipinski definition) is 2. The monoisotopic (exact) mass is 281 g/mol. The lowest BCUT2D eigenvalue weighted by Gasteiger charge is -2.24. The zero-order chi connectivity index (χ0) is 14.5. The maximum atomic E-state index is 8.74. The predicted octanol–water partition coefficient (Wildman–Crippen LogP) is 3.24. The van der Waals surface area contributed by atoms with Gasteiger partial charge in [-0.2, -0.15) is 0 Å². The first kappa shape index (κ1) is 17.3. The number of hydrogen-bond acceptors (Lipinski definition) is 3. The van der Waals surface area contributed by atoms with Gasteiger partial charge >= 0.3 is 0 Å². The normalized spacial score (nSPS) is 14.7. The molecule has 0 aromatic heterocycles. The Hall–Kier alpha value is -0.800. The van der Waals surface area contributed by atoms with Gasteiger partial charge in [-0.25, -0.2) is 0 Å². The Morgan fingerprint density at radius 1 is 0.850 bits per heavy atom. The molecular formula is C17H31NO2. The van der Waals surface area contributed by atoms with E-state index in [1.54, 1.807) is 0 Å². The molecule has 2 N–H and O–H groups in total. The van der Waals surface area contributed by atoms with Crippen molar-refractivity contribution in [1.29, 1.82) is 0 Å². The third-order valence-electron chi connectivity index (χ3n) is 3.79. The van der Waals surface area contributed by atoms with Crippen molar-refractivity contribution < 1.29 is 10.2 Å². The highest BCUT2D eigenvalue weighted by molar-refractivity contribution is 5.18. The first-order valence-corrected chi connectivity index (χ1v) is 8.19. The van der Waals surface area contributed by atoms with Crippen molar-refractivity contribution in [3.8, 4) is 0 Å². The van der Waals surface area contributed by atoms with Crippen LogP contribution in [0.4, 0.5) is 0 Å². The second-order valence-electron chi connectivity index (χ2n) is 5.66. The third kappa shape index (κ3) is 8.39. The molecule has 116 valence electrons. The SMILES string of the molecule is OCCCCCCC1=CC=CN(CCCCCCO)C1. The molecule has 3 nitrogen and oxygen atoms in total. The van der Waals surface area contributed by atoms with Gasteiger partial charge in [0.15, 0.2) is 0 Å². The molecule has 0 atom stereocenters. The Morgan fingerprint density at radius 3 is 2.20 bits per heavy atom. The quantitative estimate of drug-likeness (QED) is 0.540. The van der Waals surface area contributed by atoms with Crippen LogP contribution >= 0.6 is 0 Å². The van der Waals surface area contributed by atoms with E-state index in [0.29, 0.717) is 13.2 Å². The fraction of sp³-hybridized carbons (Fsp3) is 0.765. The summed E-state index contributed by atoms with van der Waals surface area (Å²) in [7, 11) is 0. The van der Waals surface area contributed by atoms with E-state index in [0.717, 1.165) is 38.8 Å². The summed E-state index contributed by atoms with van der Waals surface area (Å²) in [6.45, 7) is 2.86. The van der Waals surface area contributed by atoms with Gasteiger partial charge in [-0.05, 0) is 44.4 Å². The van der Waals surface area contributed by atoms with Gasteiger partial charge in [0.1, 0.15) is 0 Å². The summed E-state index contributed by atoms with van der Waals surface area (Å²) >= 11 is 0. The summed E-state index contributed by atoms with van der Waals surface area (Å²) in [5.74, 6) is 0. The molecule has 0 bridgehead atoms. The van der Waals surface area contributed by atoms with E-state index in [1.807, 2.05) is 0 Å². The van der Waals surface area contributed by atoms with Crippen molar-refractivity contribution >= 4 is 0 Å². The predicted molar refractivity (Wildman–Crippen MR) is 84.5 cm³/mol. The van der Waals surface area contributed by atoms with Crippen molar-refractivity contribution in [3.05, 3.63) is 23.9 Å². The molecule has 0 aromatic rings. The van der Waals surface area contributed by atoms with Crippen LogP contribution in [0.3, 0.4) is 0 Å². The molecule has 0 saturated heterocycles. The largest absolute Gasteiger partial charge is 0.396 e. The molecule has 0 spiro atoms. The van der Waals surface area contributed by atoms with Gasteiger partial charge in [0.05, 0.1) is 0 Å². The van der Waals surface area contributed by atoms with Crippen molar-refractivity contribution in [2.24, 2.45) is 0 Å². The van der Waals surface area contributed by atoms with Crippen LogP contribution in [0, 0.1) is 0 Å². The molecule has 0 aliphatic carbocycles. The summed E-state index contributed by atoms with van der Waals surface area (Å²) in [6, 6.07) is 0. The van der Waals surface area contributed by atoms with Crippen LogP contribution in [-0.4, -0.2) is 41.4 Å². The van der Waals surface area contributed by atoms with Crippen molar-refractivity contribution in [2.75, 3.05) is 26.3 Å². The van der Waals surface area contributed by atoms with E-state index in [9.17, 15) is 0 Å². The number of allylic oxidation sites excluding steroid dienone is 2. The Morgan fingerprint density at radius 2 is 1.50 bits per heavy atom. The molecule has 0 amide bonds. The minimum Gasteiger partial charge on any atom is -0.396 e. The maximum Gasteiger partial charge on any atom is 0.0431 e. The average Bonchev–Trinajstić information content (AvgIpc) is 2.47. The van der Waals surface area contributed by atoms with Crippen molar-refractivity contribution in [3.63, 3.8) is 0 Å². The summed E-state index contributed by atoms with van der Waals surface area (Å²) < 4.78 is 0. The van der Waals surface area contributed by atoms with Crippen LogP contribution in [0.5, 0.6) is 0 Å². The van der Waals surface area contributed by atoms with Gasteiger partial charge < -0.3 is 15.1 Å². The van der Waals surface area contributed by atoms with Crippen LogP contribution in [0.2, 0.25) is 0 Å². The van der Waals surface area contributed by atoms with E-state index < -0.39 is 0 Å². The van der Waals surface area contributed by atoms with Crippen molar-refractivity contribution in [2.45, 2.75) is 57.8 Å². The molecule has 0 saturated carbocycles. The first-order chi connectivity index (χ1) is 9.86. The Balaban J connectivity index is 2.06. The van der Waals surface area contributed by atoms with Gasteiger partial charge in [0.25, 0.3) is 0 Å². The highest BCUT2D eigenvalue weighted by Crippen LogP contribution is 2.16. The van der Waals surface area contributed by atoms with Crippen molar-refractivity contribution in [1.82, 2.24) is 4.90 Å². The molecule has 1 rings (SSSR count). The van der Waals surface area contributed by atoms with Gasteiger partial charge in [-0.3, -0.25) is 0 Å². The second-order valence-corrected chi connectivity index (χ2v) is 5.66. The maximum absolute atomic E-state index is 8.74. The lowest BCUT2D eigenvalue weighted by Crippen LogP contribution is -2.23. The zero-order valence-electron chi connectivity index (χ0n) is 12.8. The second kappa shape index (κ2) is 12.0. The molecule has 1 aliphatic rings. The van der Waals surface area contributed by atoms with Crippen LogP contribution in [0.1, 0.15) is 57.8 Å². The van der Waals surface area contributed by atoms with Crippen LogP contribution in [0.25, 0.3) is 0 Å². The fourth-order valence-electron chi connectivity index (χ4n) is 2.58. The topological polar surface area (TPSA) is 43.7 Å². The Labute approximate surface area is 124 Å². The van der Waals surface area contributed by atoms with E-state index in [2.05, 4.69) is 23.3 Å². The first-order valence-electron chi connectivity index (χ1n) is 8.19. The fourth-order valence-corrected chi connectivity index (χ4v) is 2.58. The molecule has 20 heavy (non-hydrogen) atoms. The summed E-state index contributed by atoms with van der Waals surface area (Å²) in [4.78, 5) is 2.40. The molecule has 1 heterocycles. The smallest absolute Gasteiger partial charge is 0.0431 e. The summed E-state index contributed by atoms with van der Waals surface area (Å²) in [5, 5.41) is 17.5. The van der Waals surface area contributed by atoms with Gasteiger partial charge in [0, 0.05) is 26.3 Å². The van der Waals surface area contributed by atoms with E-state index in [1.165, 1.54) is 37.7 Å². The number of rotatable bonds is 12. The number of aliphatic hydroxyl groups is 2. The number of aliphatic hydroxyl groups excluding tert-OH is 2. The van der Waals surface area contributed by atoms with E-state index >= 15 is 0 Å². The molecule has 0 fully saturated rings. The van der Waals surface area contributed by atoms with Gasteiger partial charge in [0.2, 0.25) is 0 Å². The highest BCUT2D eigenvalue weighted by Gasteiger charge is 2.07. The van der Waals surface area contributed by atoms with Gasteiger partial charge in [-0.15, -0.1) is 0 Å². The minimum atomic E-state index is 0.326. The molecule has 0 unspecified atom stereocenters. The van der Waals surface area contributed by atoms with Gasteiger partial charge in [-0.1, -0.05) is 37.3 Å². The summed E-state index contributed by atoms with van der Waals surface area (Å²) in [5.41, 5.74) is 1.53. The average molecular weight is 281 g/mol. The number of nitrogens with zero attached hydrogens (tertiary/aromatic N) is 1. The van der Waals surface area contributed by atoms with E-state index in [4.69, 9.17) is 10.2 Å². The molecular weight excluding hydrogens is 250 g/mol. The molecule has 0 radical (unpaired) electrons.